The highest BCUT2D eigenvalue weighted by atomic mass is 32.2. The molecule has 1 aliphatic heterocycles. The van der Waals surface area contributed by atoms with E-state index < -0.39 is 0 Å². The smallest absolute Gasteiger partial charge is 0.281 e. The van der Waals surface area contributed by atoms with E-state index in [9.17, 15) is 4.79 Å². The van der Waals surface area contributed by atoms with Crippen molar-refractivity contribution in [3.05, 3.63) is 0 Å². The fourth-order valence-corrected chi connectivity index (χ4v) is 2.08. The summed E-state index contributed by atoms with van der Waals surface area (Å²) in [6, 6.07) is 0. The topological polar surface area (TPSA) is 37.4 Å². The van der Waals surface area contributed by atoms with Gasteiger partial charge < -0.3 is 9.69 Å². The molecule has 4 heteroatoms. The van der Waals surface area contributed by atoms with E-state index in [1.807, 2.05) is 18.6 Å². The zero-order chi connectivity index (χ0) is 10.8. The van der Waals surface area contributed by atoms with Crippen LogP contribution in [0.4, 0.5) is 4.79 Å². The first-order valence-corrected chi connectivity index (χ1v) is 6.03. The van der Waals surface area contributed by atoms with Crippen LogP contribution in [0.3, 0.4) is 0 Å². The molecule has 0 radical (unpaired) electrons. The van der Waals surface area contributed by atoms with Crippen molar-refractivity contribution in [2.24, 2.45) is 0 Å². The Labute approximate surface area is 90.2 Å². The zero-order valence-electron chi connectivity index (χ0n) is 8.83. The van der Waals surface area contributed by atoms with Gasteiger partial charge in [-0.3, -0.25) is 4.79 Å². The van der Waals surface area contributed by atoms with E-state index in [0.29, 0.717) is 0 Å². The lowest BCUT2D eigenvalue weighted by molar-refractivity contribution is -0.0979. The van der Waals surface area contributed by atoms with Crippen LogP contribution in [-0.2, 0) is 4.79 Å². The Morgan fingerprint density at radius 3 is 2.14 bits per heavy atom. The van der Waals surface area contributed by atoms with Crippen LogP contribution in [0.5, 0.6) is 0 Å². The van der Waals surface area contributed by atoms with Crippen LogP contribution in [0.2, 0.25) is 0 Å². The van der Waals surface area contributed by atoms with Gasteiger partial charge in [0.05, 0.1) is 0 Å². The van der Waals surface area contributed by atoms with Gasteiger partial charge in [-0.05, 0) is 18.6 Å². The number of nitrogens with zero attached hydrogens (tertiary/aromatic N) is 1. The van der Waals surface area contributed by atoms with Crippen molar-refractivity contribution in [1.29, 1.82) is 0 Å². The Bertz CT molecular complexity index is 156. The summed E-state index contributed by atoms with van der Waals surface area (Å²) in [7, 11) is 0. The molecule has 0 bridgehead atoms. The third-order valence-electron chi connectivity index (χ3n) is 2.13. The van der Waals surface area contributed by atoms with Crippen molar-refractivity contribution >= 4 is 23.8 Å². The molecular weight excluding hydrogens is 198 g/mol. The minimum absolute atomic E-state index is 0.277. The number of hydrogen-bond donors (Lipinski definition) is 0. The van der Waals surface area contributed by atoms with E-state index in [4.69, 9.17) is 4.79 Å². The van der Waals surface area contributed by atoms with E-state index in [-0.39, 0.29) is 5.24 Å². The molecule has 1 rings (SSSR count). The Hall–Kier alpha value is -0.510. The van der Waals surface area contributed by atoms with Gasteiger partial charge in [-0.15, -0.1) is 0 Å². The number of rotatable bonds is 1. The van der Waals surface area contributed by atoms with Gasteiger partial charge in [0, 0.05) is 13.1 Å². The molecule has 1 aliphatic rings. The second kappa shape index (κ2) is 9.06. The first-order valence-electron chi connectivity index (χ1n) is 5.05. The predicted octanol–water partition coefficient (Wildman–Crippen LogP) is 2.55. The molecule has 1 amide bonds. The van der Waals surface area contributed by atoms with E-state index in [1.54, 1.807) is 0 Å². The quantitative estimate of drug-likeness (QED) is 0.677. The first-order chi connectivity index (χ1) is 6.84. The van der Waals surface area contributed by atoms with Gasteiger partial charge >= 0.3 is 0 Å². The summed E-state index contributed by atoms with van der Waals surface area (Å²) in [4.78, 5) is 21.4. The van der Waals surface area contributed by atoms with E-state index >= 15 is 0 Å². The Morgan fingerprint density at radius 2 is 1.71 bits per heavy atom. The molecule has 82 valence electrons. The third-order valence-corrected chi connectivity index (χ3v) is 2.93. The van der Waals surface area contributed by atoms with Crippen LogP contribution < -0.4 is 0 Å². The highest BCUT2D eigenvalue weighted by molar-refractivity contribution is 8.13. The normalized spacial score (nSPS) is 16.5. The zero-order valence-corrected chi connectivity index (χ0v) is 9.65. The molecule has 3 nitrogen and oxygen atoms in total. The van der Waals surface area contributed by atoms with Gasteiger partial charge in [-0.1, -0.05) is 31.5 Å². The number of hydrogen-bond acceptors (Lipinski definition) is 3. The SMILES string of the molecule is C=O.CCSC(=O)N1CCCCCC1. The maximum atomic E-state index is 11.4. The van der Waals surface area contributed by atoms with Crippen LogP contribution in [0.1, 0.15) is 32.6 Å². The van der Waals surface area contributed by atoms with Crippen LogP contribution in [0, 0.1) is 0 Å². The van der Waals surface area contributed by atoms with Crippen molar-refractivity contribution in [3.8, 4) is 0 Å². The summed E-state index contributed by atoms with van der Waals surface area (Å²) in [6.07, 6.45) is 4.97. The molecule has 0 unspecified atom stereocenters. The van der Waals surface area contributed by atoms with Crippen LogP contribution in [0.15, 0.2) is 0 Å². The Kier molecular flexibility index (Phi) is 8.73. The van der Waals surface area contributed by atoms with Gasteiger partial charge in [0.15, 0.2) is 0 Å². The standard InChI is InChI=1S/C9H17NOS.CH2O/c1-2-12-9(11)10-7-5-3-4-6-8-10;1-2/h2-8H2,1H3;1H2. The van der Waals surface area contributed by atoms with Crippen molar-refractivity contribution < 1.29 is 9.59 Å². The summed E-state index contributed by atoms with van der Waals surface area (Å²) >= 11 is 1.43. The van der Waals surface area contributed by atoms with Crippen molar-refractivity contribution in [2.45, 2.75) is 32.6 Å². The highest BCUT2D eigenvalue weighted by Gasteiger charge is 2.14. The molecule has 0 aliphatic carbocycles. The minimum Gasteiger partial charge on any atom is -0.334 e. The lowest BCUT2D eigenvalue weighted by atomic mass is 10.2. The first kappa shape index (κ1) is 13.5. The Balaban J connectivity index is 0.000000791. The van der Waals surface area contributed by atoms with Gasteiger partial charge in [0.2, 0.25) is 0 Å². The molecule has 1 heterocycles. The molecular formula is C10H19NO2S. The number of carbonyl (C=O) groups is 2. The number of amides is 1. The summed E-state index contributed by atoms with van der Waals surface area (Å²) in [5, 5.41) is 0.277. The fraction of sp³-hybridized carbons (Fsp3) is 0.800. The molecule has 1 saturated heterocycles. The van der Waals surface area contributed by atoms with Crippen molar-refractivity contribution in [3.63, 3.8) is 0 Å². The average Bonchev–Trinajstić information content (AvgIpc) is 2.49. The van der Waals surface area contributed by atoms with Gasteiger partial charge in [0.1, 0.15) is 6.79 Å². The Morgan fingerprint density at radius 1 is 1.21 bits per heavy atom. The third kappa shape index (κ3) is 5.27. The molecule has 0 aromatic rings. The number of carbonyl (C=O) groups excluding carboxylic acids is 2. The van der Waals surface area contributed by atoms with Gasteiger partial charge in [-0.25, -0.2) is 0 Å². The second-order valence-corrected chi connectivity index (χ2v) is 4.32. The maximum Gasteiger partial charge on any atom is 0.281 e. The molecule has 1 fully saturated rings. The molecule has 0 spiro atoms. The molecule has 0 aromatic carbocycles. The van der Waals surface area contributed by atoms with Crippen LogP contribution >= 0.6 is 11.8 Å². The van der Waals surface area contributed by atoms with Crippen molar-refractivity contribution in [2.75, 3.05) is 18.8 Å². The highest BCUT2D eigenvalue weighted by Crippen LogP contribution is 2.15. The molecule has 0 aromatic heterocycles. The number of likely N-dealkylation sites (tertiary alicyclic amines) is 1. The van der Waals surface area contributed by atoms with Crippen molar-refractivity contribution in [1.82, 2.24) is 4.90 Å². The maximum absolute atomic E-state index is 11.4. The summed E-state index contributed by atoms with van der Waals surface area (Å²) in [5.74, 6) is 0.898. The van der Waals surface area contributed by atoms with Crippen LogP contribution in [0.25, 0.3) is 0 Å². The lowest BCUT2D eigenvalue weighted by Gasteiger charge is -2.18. The predicted molar refractivity (Wildman–Crippen MR) is 60.7 cm³/mol. The summed E-state index contributed by atoms with van der Waals surface area (Å²) < 4.78 is 0. The molecule has 14 heavy (non-hydrogen) atoms. The summed E-state index contributed by atoms with van der Waals surface area (Å²) in [5.41, 5.74) is 0. The van der Waals surface area contributed by atoms with E-state index in [1.165, 1.54) is 37.4 Å². The van der Waals surface area contributed by atoms with Gasteiger partial charge in [-0.2, -0.15) is 0 Å². The fourth-order valence-electron chi connectivity index (χ4n) is 1.47. The average molecular weight is 217 g/mol. The summed E-state index contributed by atoms with van der Waals surface area (Å²) in [6.45, 7) is 5.98. The largest absolute Gasteiger partial charge is 0.334 e. The van der Waals surface area contributed by atoms with E-state index in [0.717, 1.165) is 18.8 Å². The van der Waals surface area contributed by atoms with Gasteiger partial charge in [0.25, 0.3) is 5.24 Å². The van der Waals surface area contributed by atoms with Crippen LogP contribution in [-0.4, -0.2) is 35.8 Å². The molecule has 0 N–H and O–H groups in total. The number of thioether (sulfide) groups is 1. The molecule has 0 atom stereocenters. The van der Waals surface area contributed by atoms with E-state index in [2.05, 4.69) is 0 Å². The monoisotopic (exact) mass is 217 g/mol. The second-order valence-electron chi connectivity index (χ2n) is 3.10. The minimum atomic E-state index is 0.277. The molecule has 0 saturated carbocycles. The lowest BCUT2D eigenvalue weighted by Crippen LogP contribution is -2.28.